The van der Waals surface area contributed by atoms with Gasteiger partial charge in [-0.1, -0.05) is 0 Å². The Bertz CT molecular complexity index is 1220. The molecular weight excluding hydrogens is 481 g/mol. The fourth-order valence-electron chi connectivity index (χ4n) is 4.23. The fraction of sp³-hybridized carbons (Fsp3) is 0.440. The molecule has 1 aromatic carbocycles. The maximum absolute atomic E-state index is 13.6. The number of H-pyrrole nitrogens is 1. The third kappa shape index (κ3) is 5.77. The average molecular weight is 512 g/mol. The fourth-order valence-corrected chi connectivity index (χ4v) is 4.23. The van der Waals surface area contributed by atoms with E-state index < -0.39 is 17.7 Å². The van der Waals surface area contributed by atoms with Crippen LogP contribution in [0.1, 0.15) is 25.5 Å². The summed E-state index contributed by atoms with van der Waals surface area (Å²) in [6.07, 6.45) is 1.74. The first-order valence-electron chi connectivity index (χ1n) is 12.2. The summed E-state index contributed by atoms with van der Waals surface area (Å²) >= 11 is 0. The Morgan fingerprint density at radius 3 is 2.73 bits per heavy atom. The summed E-state index contributed by atoms with van der Waals surface area (Å²) in [6, 6.07) is 7.76. The van der Waals surface area contributed by atoms with Crippen LogP contribution >= 0.6 is 0 Å². The molecule has 0 radical (unpaired) electrons. The lowest BCUT2D eigenvalue weighted by molar-refractivity contribution is -0.236. The molecule has 12 heteroatoms. The molecule has 2 saturated heterocycles. The molecule has 0 bridgehead atoms. The van der Waals surface area contributed by atoms with E-state index in [1.54, 1.807) is 31.3 Å². The Morgan fingerprint density at radius 2 is 2.03 bits per heavy atom. The zero-order chi connectivity index (χ0) is 25.8. The zero-order valence-corrected chi connectivity index (χ0v) is 20.5. The number of nitrogens with zero attached hydrogens (tertiary/aromatic N) is 4. The van der Waals surface area contributed by atoms with Gasteiger partial charge in [-0.3, -0.25) is 9.69 Å². The third-order valence-corrected chi connectivity index (χ3v) is 6.47. The molecule has 0 amide bonds. The van der Waals surface area contributed by atoms with Crippen LogP contribution in [0.15, 0.2) is 36.5 Å². The zero-order valence-electron chi connectivity index (χ0n) is 20.5. The van der Waals surface area contributed by atoms with Crippen LogP contribution < -0.4 is 10.6 Å². The van der Waals surface area contributed by atoms with Gasteiger partial charge in [0.15, 0.2) is 5.82 Å². The Hall–Kier alpha value is -3.45. The highest BCUT2D eigenvalue weighted by Gasteiger charge is 2.41. The number of aromatic nitrogens is 4. The number of anilines is 1. The predicted molar refractivity (Wildman–Crippen MR) is 133 cm³/mol. The molecule has 4 heterocycles. The molecule has 37 heavy (non-hydrogen) atoms. The van der Waals surface area contributed by atoms with Gasteiger partial charge in [0.25, 0.3) is 0 Å². The lowest BCUT2D eigenvalue weighted by Gasteiger charge is -2.33. The van der Waals surface area contributed by atoms with E-state index in [0.717, 1.165) is 39.3 Å². The smallest absolute Gasteiger partial charge is 0.314 e. The van der Waals surface area contributed by atoms with Gasteiger partial charge in [0, 0.05) is 44.6 Å². The molecular formula is C25H30FN7O4. The van der Waals surface area contributed by atoms with E-state index in [1.165, 1.54) is 12.1 Å². The van der Waals surface area contributed by atoms with E-state index in [1.807, 2.05) is 0 Å². The van der Waals surface area contributed by atoms with Crippen molar-refractivity contribution >= 4 is 11.9 Å². The van der Waals surface area contributed by atoms with Crippen molar-refractivity contribution in [2.24, 2.45) is 5.41 Å². The lowest BCUT2D eigenvalue weighted by Crippen LogP contribution is -2.42. The van der Waals surface area contributed by atoms with E-state index in [0.29, 0.717) is 34.4 Å². The third-order valence-electron chi connectivity index (χ3n) is 6.47. The van der Waals surface area contributed by atoms with Crippen molar-refractivity contribution in [2.45, 2.75) is 19.6 Å². The van der Waals surface area contributed by atoms with Crippen LogP contribution in [0, 0.1) is 11.2 Å². The molecule has 5 rings (SSSR count). The van der Waals surface area contributed by atoms with Gasteiger partial charge in [0.2, 0.25) is 12.2 Å². The molecule has 2 aromatic heterocycles. The number of rotatable bonds is 9. The molecule has 0 saturated carbocycles. The largest absolute Gasteiger partial charge is 0.481 e. The van der Waals surface area contributed by atoms with Crippen molar-refractivity contribution in [1.29, 1.82) is 0 Å². The highest BCUT2D eigenvalue weighted by atomic mass is 19.1. The quantitative estimate of drug-likeness (QED) is 0.317. The normalized spacial score (nSPS) is 22.3. The van der Waals surface area contributed by atoms with E-state index in [2.05, 4.69) is 35.5 Å². The number of nitrogens with one attached hydrogen (secondary N) is 3. The Balaban J connectivity index is 1.36. The summed E-state index contributed by atoms with van der Waals surface area (Å²) in [5, 5.41) is 16.0. The summed E-state index contributed by atoms with van der Waals surface area (Å²) in [5.41, 5.74) is 1.27. The SMILES string of the molecule is CC1(C(=O)O)COC(c2nc(-c3ccc(F)cc3)c(-c3ccnc(NCCCN4CCNC4)n3)[nH]2)OC1. The van der Waals surface area contributed by atoms with Crippen LogP contribution in [0.3, 0.4) is 0 Å². The highest BCUT2D eigenvalue weighted by Crippen LogP contribution is 2.35. The van der Waals surface area contributed by atoms with Crippen LogP contribution in [0.5, 0.6) is 0 Å². The van der Waals surface area contributed by atoms with E-state index >= 15 is 0 Å². The molecule has 2 fully saturated rings. The van der Waals surface area contributed by atoms with Gasteiger partial charge in [0.1, 0.15) is 11.2 Å². The van der Waals surface area contributed by atoms with E-state index in [4.69, 9.17) is 9.47 Å². The van der Waals surface area contributed by atoms with Gasteiger partial charge >= 0.3 is 5.97 Å². The molecule has 4 N–H and O–H groups in total. The Kier molecular flexibility index (Phi) is 7.42. The lowest BCUT2D eigenvalue weighted by atomic mass is 9.92. The molecule has 11 nitrogen and oxygen atoms in total. The summed E-state index contributed by atoms with van der Waals surface area (Å²) in [4.78, 5) is 30.8. The van der Waals surface area contributed by atoms with Crippen LogP contribution in [-0.4, -0.2) is 82.0 Å². The number of ether oxygens (including phenoxy) is 2. The number of halogens is 1. The molecule has 0 atom stereocenters. The van der Waals surface area contributed by atoms with E-state index in [9.17, 15) is 14.3 Å². The molecule has 0 unspecified atom stereocenters. The first-order chi connectivity index (χ1) is 17.9. The first-order valence-corrected chi connectivity index (χ1v) is 12.2. The van der Waals surface area contributed by atoms with Crippen molar-refractivity contribution < 1.29 is 23.8 Å². The van der Waals surface area contributed by atoms with Crippen molar-refractivity contribution in [3.05, 3.63) is 48.2 Å². The molecule has 2 aliphatic rings. The number of carbonyl (C=O) groups is 1. The summed E-state index contributed by atoms with van der Waals surface area (Å²) in [6.45, 7) is 6.24. The molecule has 0 aliphatic carbocycles. The van der Waals surface area contributed by atoms with Crippen LogP contribution in [-0.2, 0) is 14.3 Å². The number of hydrogen-bond donors (Lipinski definition) is 4. The summed E-state index contributed by atoms with van der Waals surface area (Å²) < 4.78 is 25.0. The van der Waals surface area contributed by atoms with Crippen molar-refractivity contribution in [2.75, 3.05) is 51.4 Å². The second-order valence-corrected chi connectivity index (χ2v) is 9.49. The molecule has 2 aliphatic heterocycles. The van der Waals surface area contributed by atoms with Crippen LogP contribution in [0.4, 0.5) is 10.3 Å². The second kappa shape index (κ2) is 10.9. The van der Waals surface area contributed by atoms with Gasteiger partial charge < -0.3 is 30.2 Å². The number of benzene rings is 1. The standard InChI is InChI=1S/C25H30FN7O4/c1-25(23(34)35)13-36-22(37-14-25)21-31-19(16-3-5-17(26)6-4-16)20(32-21)18-7-9-29-24(30-18)28-8-2-11-33-12-10-27-15-33/h3-7,9,22,27H,2,8,10-15H2,1H3,(H,31,32)(H,34,35)(H,28,29,30). The Labute approximate surface area is 213 Å². The number of hydrogen-bond acceptors (Lipinski definition) is 9. The maximum Gasteiger partial charge on any atom is 0.314 e. The van der Waals surface area contributed by atoms with Crippen molar-refractivity contribution in [3.8, 4) is 22.6 Å². The topological polar surface area (TPSA) is 138 Å². The summed E-state index contributed by atoms with van der Waals surface area (Å²) in [5.74, 6) is -0.489. The molecule has 196 valence electrons. The highest BCUT2D eigenvalue weighted by molar-refractivity contribution is 5.77. The summed E-state index contributed by atoms with van der Waals surface area (Å²) in [7, 11) is 0. The van der Waals surface area contributed by atoms with Crippen LogP contribution in [0.2, 0.25) is 0 Å². The minimum atomic E-state index is -1.13. The minimum absolute atomic E-state index is 0.0238. The second-order valence-electron chi connectivity index (χ2n) is 9.49. The van der Waals surface area contributed by atoms with Crippen molar-refractivity contribution in [1.82, 2.24) is 30.2 Å². The predicted octanol–water partition coefficient (Wildman–Crippen LogP) is 2.47. The van der Waals surface area contributed by atoms with Crippen molar-refractivity contribution in [3.63, 3.8) is 0 Å². The monoisotopic (exact) mass is 511 g/mol. The Morgan fingerprint density at radius 1 is 1.24 bits per heavy atom. The van der Waals surface area contributed by atoms with Gasteiger partial charge in [-0.25, -0.2) is 19.3 Å². The van der Waals surface area contributed by atoms with E-state index in [-0.39, 0.29) is 19.0 Å². The average Bonchev–Trinajstić information content (AvgIpc) is 3.58. The number of aliphatic carboxylic acids is 1. The molecule has 0 spiro atoms. The molecule has 3 aromatic rings. The first kappa shape index (κ1) is 25.2. The van der Waals surface area contributed by atoms with Crippen LogP contribution in [0.25, 0.3) is 22.6 Å². The minimum Gasteiger partial charge on any atom is -0.481 e. The number of imidazole rings is 1. The van der Waals surface area contributed by atoms with Gasteiger partial charge in [-0.15, -0.1) is 0 Å². The number of carboxylic acids is 1. The van der Waals surface area contributed by atoms with Gasteiger partial charge in [0.05, 0.1) is 30.3 Å². The van der Waals surface area contributed by atoms with Gasteiger partial charge in [-0.2, -0.15) is 0 Å². The number of aromatic amines is 1. The number of carboxylic acid groups (broad SMARTS) is 1. The maximum atomic E-state index is 13.6. The van der Waals surface area contributed by atoms with Gasteiger partial charge in [-0.05, 0) is 43.7 Å².